The molecule has 2 N–H and O–H groups in total. The number of aromatic nitrogens is 1. The highest BCUT2D eigenvalue weighted by atomic mass is 16.5. The van der Waals surface area contributed by atoms with Gasteiger partial charge in [-0.05, 0) is 44.0 Å². The lowest BCUT2D eigenvalue weighted by Gasteiger charge is -2.14. The summed E-state index contributed by atoms with van der Waals surface area (Å²) in [5.41, 5.74) is 3.04. The van der Waals surface area contributed by atoms with Crippen LogP contribution in [0, 0.1) is 0 Å². The molecular formula is C22H22N2O4. The summed E-state index contributed by atoms with van der Waals surface area (Å²) in [7, 11) is 0. The Bertz CT molecular complexity index is 1020. The van der Waals surface area contributed by atoms with E-state index >= 15 is 0 Å². The highest BCUT2D eigenvalue weighted by Gasteiger charge is 2.18. The number of carbonyl (C=O) groups excluding carboxylic acids is 3. The average molecular weight is 378 g/mol. The lowest BCUT2D eigenvalue weighted by molar-refractivity contribution is -0.153. The molecule has 0 fully saturated rings. The Hall–Kier alpha value is -3.41. The molecule has 0 unspecified atom stereocenters. The molecule has 3 rings (SSSR count). The van der Waals surface area contributed by atoms with Crippen LogP contribution in [0.15, 0.2) is 54.7 Å². The number of rotatable bonds is 7. The van der Waals surface area contributed by atoms with E-state index in [1.807, 2.05) is 30.5 Å². The standard InChI is InChI=1S/C22H22N2O4/c1-14(25)16-6-5-7-18(12-16)24-22(27)15(2)28-21(26)11-10-17-13-23-20-9-4-3-8-19(17)20/h3-9,12-13,15,23H,10-11H2,1-2H3,(H,24,27)/t15-/m0/s1. The largest absolute Gasteiger partial charge is 0.453 e. The Morgan fingerprint density at radius 2 is 1.89 bits per heavy atom. The smallest absolute Gasteiger partial charge is 0.306 e. The molecule has 0 bridgehead atoms. The highest BCUT2D eigenvalue weighted by Crippen LogP contribution is 2.19. The van der Waals surface area contributed by atoms with Gasteiger partial charge in [0.1, 0.15) is 0 Å². The quantitative estimate of drug-likeness (QED) is 0.482. The molecule has 6 heteroatoms. The molecule has 0 saturated heterocycles. The van der Waals surface area contributed by atoms with Gasteiger partial charge in [-0.1, -0.05) is 30.3 Å². The van der Waals surface area contributed by atoms with Gasteiger partial charge in [0.05, 0.1) is 0 Å². The van der Waals surface area contributed by atoms with E-state index < -0.39 is 18.0 Å². The summed E-state index contributed by atoms with van der Waals surface area (Å²) in [5, 5.41) is 3.74. The number of anilines is 1. The van der Waals surface area contributed by atoms with Crippen LogP contribution in [0.2, 0.25) is 0 Å². The van der Waals surface area contributed by atoms with Gasteiger partial charge in [-0.3, -0.25) is 14.4 Å². The van der Waals surface area contributed by atoms with Crippen LogP contribution in [0.25, 0.3) is 10.9 Å². The fraction of sp³-hybridized carbons (Fsp3) is 0.227. The van der Waals surface area contributed by atoms with Crippen molar-refractivity contribution in [3.8, 4) is 0 Å². The van der Waals surface area contributed by atoms with Gasteiger partial charge >= 0.3 is 5.97 Å². The summed E-state index contributed by atoms with van der Waals surface area (Å²) >= 11 is 0. The van der Waals surface area contributed by atoms with E-state index in [0.29, 0.717) is 17.7 Å². The fourth-order valence-corrected chi connectivity index (χ4v) is 2.94. The summed E-state index contributed by atoms with van der Waals surface area (Å²) in [6.45, 7) is 2.98. The van der Waals surface area contributed by atoms with Crippen molar-refractivity contribution in [2.24, 2.45) is 0 Å². The molecule has 0 saturated carbocycles. The first-order valence-corrected chi connectivity index (χ1v) is 9.10. The summed E-state index contributed by atoms with van der Waals surface area (Å²) in [4.78, 5) is 39.0. The minimum atomic E-state index is -0.934. The molecule has 1 aromatic heterocycles. The molecule has 0 aliphatic heterocycles. The number of benzene rings is 2. The lowest BCUT2D eigenvalue weighted by Crippen LogP contribution is -2.30. The third-order valence-electron chi connectivity index (χ3n) is 4.49. The second-order valence-corrected chi connectivity index (χ2v) is 6.62. The molecule has 2 aromatic carbocycles. The number of para-hydroxylation sites is 1. The summed E-state index contributed by atoms with van der Waals surface area (Å²) in [6, 6.07) is 14.5. The number of ketones is 1. The molecule has 0 radical (unpaired) electrons. The van der Waals surface area contributed by atoms with Gasteiger partial charge in [0, 0.05) is 34.8 Å². The molecule has 1 atom stereocenters. The predicted molar refractivity (Wildman–Crippen MR) is 107 cm³/mol. The van der Waals surface area contributed by atoms with E-state index in [-0.39, 0.29) is 12.2 Å². The Kier molecular flexibility index (Phi) is 5.89. The Morgan fingerprint density at radius 3 is 2.68 bits per heavy atom. The number of amides is 1. The van der Waals surface area contributed by atoms with Gasteiger partial charge in [0.25, 0.3) is 5.91 Å². The van der Waals surface area contributed by atoms with Gasteiger partial charge < -0.3 is 15.0 Å². The van der Waals surface area contributed by atoms with Crippen LogP contribution in [-0.4, -0.2) is 28.7 Å². The second-order valence-electron chi connectivity index (χ2n) is 6.62. The molecule has 28 heavy (non-hydrogen) atoms. The Labute approximate surface area is 162 Å². The zero-order valence-electron chi connectivity index (χ0n) is 15.8. The summed E-state index contributed by atoms with van der Waals surface area (Å²) in [5.74, 6) is -0.973. The van der Waals surface area contributed by atoms with Crippen molar-refractivity contribution in [2.75, 3.05) is 5.32 Å². The average Bonchev–Trinajstić information content (AvgIpc) is 3.09. The van der Waals surface area contributed by atoms with Crippen molar-refractivity contribution in [1.29, 1.82) is 0 Å². The summed E-state index contributed by atoms with van der Waals surface area (Å²) in [6.07, 6.45) is 1.66. The minimum absolute atomic E-state index is 0.0899. The van der Waals surface area contributed by atoms with Crippen LogP contribution in [0.1, 0.15) is 36.2 Å². The molecule has 1 heterocycles. The van der Waals surface area contributed by atoms with E-state index in [9.17, 15) is 14.4 Å². The molecule has 144 valence electrons. The van der Waals surface area contributed by atoms with E-state index in [1.165, 1.54) is 13.8 Å². The van der Waals surface area contributed by atoms with Crippen LogP contribution < -0.4 is 5.32 Å². The molecule has 0 aliphatic rings. The van der Waals surface area contributed by atoms with Crippen LogP contribution in [0.3, 0.4) is 0 Å². The lowest BCUT2D eigenvalue weighted by atomic mass is 10.1. The van der Waals surface area contributed by atoms with Gasteiger partial charge in [0.2, 0.25) is 0 Å². The SMILES string of the molecule is CC(=O)c1cccc(NC(=O)[C@H](C)OC(=O)CCc2c[nH]c3ccccc23)c1. The zero-order chi connectivity index (χ0) is 20.1. The van der Waals surface area contributed by atoms with Crippen LogP contribution in [0.4, 0.5) is 5.69 Å². The number of hydrogen-bond donors (Lipinski definition) is 2. The Morgan fingerprint density at radius 1 is 1.11 bits per heavy atom. The van der Waals surface area contributed by atoms with Gasteiger partial charge in [-0.25, -0.2) is 0 Å². The number of esters is 1. The van der Waals surface area contributed by atoms with E-state index in [2.05, 4.69) is 10.3 Å². The van der Waals surface area contributed by atoms with E-state index in [4.69, 9.17) is 4.74 Å². The summed E-state index contributed by atoms with van der Waals surface area (Å²) < 4.78 is 5.24. The molecule has 0 aliphatic carbocycles. The maximum absolute atomic E-state index is 12.3. The van der Waals surface area contributed by atoms with Gasteiger partial charge in [-0.2, -0.15) is 0 Å². The number of aromatic amines is 1. The third kappa shape index (κ3) is 4.65. The Balaban J connectivity index is 1.52. The normalized spacial score (nSPS) is 11.8. The number of fused-ring (bicyclic) bond motifs is 1. The number of ether oxygens (including phenoxy) is 1. The van der Waals surface area contributed by atoms with Crippen LogP contribution >= 0.6 is 0 Å². The first-order chi connectivity index (χ1) is 13.4. The maximum atomic E-state index is 12.3. The van der Waals surface area contributed by atoms with Crippen molar-refractivity contribution in [2.45, 2.75) is 32.8 Å². The van der Waals surface area contributed by atoms with Gasteiger partial charge in [0.15, 0.2) is 11.9 Å². The number of H-pyrrole nitrogens is 1. The van der Waals surface area contributed by atoms with Crippen molar-refractivity contribution in [1.82, 2.24) is 4.98 Å². The van der Waals surface area contributed by atoms with Crippen molar-refractivity contribution in [3.05, 3.63) is 65.9 Å². The second kappa shape index (κ2) is 8.52. The van der Waals surface area contributed by atoms with Crippen LogP contribution in [-0.2, 0) is 20.7 Å². The van der Waals surface area contributed by atoms with Crippen molar-refractivity contribution in [3.63, 3.8) is 0 Å². The number of nitrogens with one attached hydrogen (secondary N) is 2. The number of aryl methyl sites for hydroxylation is 1. The number of Topliss-reactive ketones (excluding diaryl/α,β-unsaturated/α-hetero) is 1. The zero-order valence-corrected chi connectivity index (χ0v) is 15.8. The van der Waals surface area contributed by atoms with E-state index in [1.54, 1.807) is 24.3 Å². The van der Waals surface area contributed by atoms with Gasteiger partial charge in [-0.15, -0.1) is 0 Å². The topological polar surface area (TPSA) is 88.3 Å². The maximum Gasteiger partial charge on any atom is 0.306 e. The monoisotopic (exact) mass is 378 g/mol. The van der Waals surface area contributed by atoms with Crippen molar-refractivity contribution < 1.29 is 19.1 Å². The molecule has 1 amide bonds. The molecular weight excluding hydrogens is 356 g/mol. The number of hydrogen-bond acceptors (Lipinski definition) is 4. The number of carbonyl (C=O) groups is 3. The van der Waals surface area contributed by atoms with E-state index in [0.717, 1.165) is 16.5 Å². The molecule has 0 spiro atoms. The van der Waals surface area contributed by atoms with Crippen molar-refractivity contribution >= 4 is 34.3 Å². The minimum Gasteiger partial charge on any atom is -0.453 e. The molecule has 3 aromatic rings. The fourth-order valence-electron chi connectivity index (χ4n) is 2.94. The first-order valence-electron chi connectivity index (χ1n) is 9.10. The van der Waals surface area contributed by atoms with Crippen LogP contribution in [0.5, 0.6) is 0 Å². The highest BCUT2D eigenvalue weighted by molar-refractivity contribution is 5.98. The first kappa shape index (κ1) is 19.4. The third-order valence-corrected chi connectivity index (χ3v) is 4.49. The predicted octanol–water partition coefficient (Wildman–Crippen LogP) is 3.87. The molecule has 6 nitrogen and oxygen atoms in total.